The Morgan fingerprint density at radius 1 is 1.41 bits per heavy atom. The standard InChI is InChI=1S/C10H18ClN5O/c1-14(2)5-6-16-10(17)9(11)8(7-12-16)13-15(3)4/h7,13H,5-6H2,1-4H3. The van der Waals surface area contributed by atoms with Gasteiger partial charge in [-0.3, -0.25) is 4.79 Å². The first kappa shape index (κ1) is 14.0. The molecule has 1 rings (SSSR count). The summed E-state index contributed by atoms with van der Waals surface area (Å²) < 4.78 is 1.36. The first-order valence-electron chi connectivity index (χ1n) is 5.26. The van der Waals surface area contributed by atoms with Crippen molar-refractivity contribution in [3.63, 3.8) is 0 Å². The summed E-state index contributed by atoms with van der Waals surface area (Å²) in [5.41, 5.74) is 3.16. The van der Waals surface area contributed by atoms with Crippen LogP contribution in [0.15, 0.2) is 11.0 Å². The zero-order chi connectivity index (χ0) is 13.0. The summed E-state index contributed by atoms with van der Waals surface area (Å²) in [5.74, 6) is 0. The van der Waals surface area contributed by atoms with Crippen LogP contribution in [0.1, 0.15) is 0 Å². The van der Waals surface area contributed by atoms with Crippen molar-refractivity contribution < 1.29 is 0 Å². The summed E-state index contributed by atoms with van der Waals surface area (Å²) in [6.45, 7) is 1.26. The SMILES string of the molecule is CN(C)CCn1ncc(NN(C)C)c(Cl)c1=O. The molecule has 0 spiro atoms. The van der Waals surface area contributed by atoms with E-state index >= 15 is 0 Å². The molecule has 0 fully saturated rings. The molecule has 0 saturated heterocycles. The highest BCUT2D eigenvalue weighted by atomic mass is 35.5. The van der Waals surface area contributed by atoms with Crippen LogP contribution >= 0.6 is 11.6 Å². The third-order valence-electron chi connectivity index (χ3n) is 2.09. The van der Waals surface area contributed by atoms with Gasteiger partial charge in [-0.05, 0) is 14.1 Å². The van der Waals surface area contributed by atoms with E-state index in [4.69, 9.17) is 11.6 Å². The van der Waals surface area contributed by atoms with Crippen LogP contribution in [-0.4, -0.2) is 54.4 Å². The highest BCUT2D eigenvalue weighted by Crippen LogP contribution is 2.14. The second-order valence-corrected chi connectivity index (χ2v) is 4.59. The average molecular weight is 260 g/mol. The lowest BCUT2D eigenvalue weighted by molar-refractivity contribution is 0.367. The van der Waals surface area contributed by atoms with Crippen molar-refractivity contribution in [3.8, 4) is 0 Å². The minimum atomic E-state index is -0.277. The number of hydrazine groups is 1. The zero-order valence-corrected chi connectivity index (χ0v) is 11.3. The average Bonchev–Trinajstić information content (AvgIpc) is 2.23. The zero-order valence-electron chi connectivity index (χ0n) is 10.6. The van der Waals surface area contributed by atoms with Gasteiger partial charge in [0.25, 0.3) is 5.56 Å². The van der Waals surface area contributed by atoms with Gasteiger partial charge in [0.1, 0.15) is 5.02 Å². The van der Waals surface area contributed by atoms with Gasteiger partial charge in [0.05, 0.1) is 18.4 Å². The Labute approximate surface area is 106 Å². The summed E-state index contributed by atoms with van der Waals surface area (Å²) in [6, 6.07) is 0. The first-order valence-corrected chi connectivity index (χ1v) is 5.64. The molecule has 0 atom stereocenters. The highest BCUT2D eigenvalue weighted by Gasteiger charge is 2.09. The Morgan fingerprint density at radius 2 is 2.06 bits per heavy atom. The minimum absolute atomic E-state index is 0.160. The molecule has 1 N–H and O–H groups in total. The molecule has 0 radical (unpaired) electrons. The van der Waals surface area contributed by atoms with Gasteiger partial charge in [0.15, 0.2) is 0 Å². The van der Waals surface area contributed by atoms with E-state index in [9.17, 15) is 4.79 Å². The summed E-state index contributed by atoms with van der Waals surface area (Å²) in [7, 11) is 7.50. The topological polar surface area (TPSA) is 53.4 Å². The number of rotatable bonds is 5. The Morgan fingerprint density at radius 3 is 2.59 bits per heavy atom. The third-order valence-corrected chi connectivity index (χ3v) is 2.45. The van der Waals surface area contributed by atoms with Crippen molar-refractivity contribution in [1.82, 2.24) is 19.7 Å². The fraction of sp³-hybridized carbons (Fsp3) is 0.600. The van der Waals surface area contributed by atoms with Crippen molar-refractivity contribution in [2.24, 2.45) is 0 Å². The van der Waals surface area contributed by atoms with Crippen molar-refractivity contribution in [3.05, 3.63) is 21.6 Å². The smallest absolute Gasteiger partial charge is 0.287 e. The Kier molecular flexibility index (Phi) is 4.92. The largest absolute Gasteiger partial charge is 0.316 e. The van der Waals surface area contributed by atoms with Crippen molar-refractivity contribution in [2.45, 2.75) is 6.54 Å². The van der Waals surface area contributed by atoms with Crippen LogP contribution in [0.4, 0.5) is 5.69 Å². The molecule has 17 heavy (non-hydrogen) atoms. The molecule has 0 aliphatic heterocycles. The molecule has 6 nitrogen and oxygen atoms in total. The van der Waals surface area contributed by atoms with Gasteiger partial charge in [-0.15, -0.1) is 0 Å². The number of nitrogens with one attached hydrogen (secondary N) is 1. The van der Waals surface area contributed by atoms with Crippen molar-refractivity contribution >= 4 is 17.3 Å². The number of nitrogens with zero attached hydrogens (tertiary/aromatic N) is 4. The molecular weight excluding hydrogens is 242 g/mol. The van der Waals surface area contributed by atoms with E-state index in [1.807, 2.05) is 33.1 Å². The van der Waals surface area contributed by atoms with E-state index in [0.717, 1.165) is 6.54 Å². The lowest BCUT2D eigenvalue weighted by Crippen LogP contribution is -2.30. The molecule has 0 amide bonds. The third kappa shape index (κ3) is 3.99. The normalized spacial score (nSPS) is 11.2. The van der Waals surface area contributed by atoms with Crippen molar-refractivity contribution in [1.29, 1.82) is 0 Å². The summed E-state index contributed by atoms with van der Waals surface area (Å²) in [5, 5.41) is 5.93. The fourth-order valence-electron chi connectivity index (χ4n) is 1.24. The van der Waals surface area contributed by atoms with Gasteiger partial charge < -0.3 is 10.3 Å². The second-order valence-electron chi connectivity index (χ2n) is 4.21. The molecule has 1 heterocycles. The Bertz CT molecular complexity index is 429. The number of halogens is 1. The predicted octanol–water partition coefficient (Wildman–Crippen LogP) is 0.347. The maximum atomic E-state index is 11.9. The van der Waals surface area contributed by atoms with E-state index in [2.05, 4.69) is 10.5 Å². The maximum absolute atomic E-state index is 11.9. The van der Waals surface area contributed by atoms with Gasteiger partial charge in [0.2, 0.25) is 0 Å². The van der Waals surface area contributed by atoms with Crippen LogP contribution in [-0.2, 0) is 6.54 Å². The van der Waals surface area contributed by atoms with Gasteiger partial charge >= 0.3 is 0 Å². The number of aromatic nitrogens is 2. The van der Waals surface area contributed by atoms with Crippen LogP contribution in [0.5, 0.6) is 0 Å². The van der Waals surface area contributed by atoms with Gasteiger partial charge in [-0.25, -0.2) is 9.69 Å². The molecular formula is C10H18ClN5O. The van der Waals surface area contributed by atoms with Crippen molar-refractivity contribution in [2.75, 3.05) is 40.2 Å². The van der Waals surface area contributed by atoms with E-state index in [1.54, 1.807) is 11.2 Å². The molecule has 0 aliphatic carbocycles. The van der Waals surface area contributed by atoms with Gasteiger partial charge in [-0.1, -0.05) is 11.6 Å². The fourth-order valence-corrected chi connectivity index (χ4v) is 1.43. The molecule has 0 aliphatic rings. The molecule has 0 aromatic carbocycles. The Balaban J connectivity index is 2.90. The van der Waals surface area contributed by atoms with Crippen LogP contribution in [0.3, 0.4) is 0 Å². The lowest BCUT2D eigenvalue weighted by Gasteiger charge is -2.15. The number of hydrogen-bond donors (Lipinski definition) is 1. The van der Waals surface area contributed by atoms with E-state index in [-0.39, 0.29) is 10.6 Å². The van der Waals surface area contributed by atoms with Gasteiger partial charge in [0, 0.05) is 20.6 Å². The quantitative estimate of drug-likeness (QED) is 0.774. The predicted molar refractivity (Wildman–Crippen MR) is 69.4 cm³/mol. The van der Waals surface area contributed by atoms with Crippen LogP contribution in [0, 0.1) is 0 Å². The van der Waals surface area contributed by atoms with Gasteiger partial charge in [-0.2, -0.15) is 5.10 Å². The van der Waals surface area contributed by atoms with E-state index in [1.165, 1.54) is 4.68 Å². The lowest BCUT2D eigenvalue weighted by atomic mass is 10.4. The maximum Gasteiger partial charge on any atom is 0.287 e. The molecule has 96 valence electrons. The number of likely N-dealkylation sites (N-methyl/N-ethyl adjacent to an activating group) is 1. The van der Waals surface area contributed by atoms with Crippen LogP contribution in [0.25, 0.3) is 0 Å². The van der Waals surface area contributed by atoms with E-state index in [0.29, 0.717) is 12.2 Å². The molecule has 0 unspecified atom stereocenters. The Hall–Kier alpha value is -1.11. The minimum Gasteiger partial charge on any atom is -0.316 e. The first-order chi connectivity index (χ1) is 7.91. The molecule has 7 heteroatoms. The summed E-state index contributed by atoms with van der Waals surface area (Å²) in [6.07, 6.45) is 1.55. The van der Waals surface area contributed by atoms with Crippen LogP contribution in [0.2, 0.25) is 5.02 Å². The molecule has 0 saturated carbocycles. The second kappa shape index (κ2) is 6.00. The molecule has 1 aromatic heterocycles. The van der Waals surface area contributed by atoms with Crippen LogP contribution < -0.4 is 11.0 Å². The number of anilines is 1. The van der Waals surface area contributed by atoms with E-state index < -0.39 is 0 Å². The summed E-state index contributed by atoms with van der Waals surface area (Å²) in [4.78, 5) is 13.9. The highest BCUT2D eigenvalue weighted by molar-refractivity contribution is 6.32. The monoisotopic (exact) mass is 259 g/mol. The number of hydrogen-bond acceptors (Lipinski definition) is 5. The summed E-state index contributed by atoms with van der Waals surface area (Å²) >= 11 is 5.98. The molecule has 0 bridgehead atoms. The molecule has 1 aromatic rings.